The van der Waals surface area contributed by atoms with E-state index in [2.05, 4.69) is 26.6 Å². The molecule has 6 heteroatoms. The lowest BCUT2D eigenvalue weighted by molar-refractivity contribution is -0.116. The van der Waals surface area contributed by atoms with Crippen LogP contribution in [-0.2, 0) is 16.1 Å². The monoisotopic (exact) mass is 404 g/mol. The Bertz CT molecular complexity index is 720. The Kier molecular flexibility index (Phi) is 7.47. The molecule has 2 N–H and O–H groups in total. The van der Waals surface area contributed by atoms with Gasteiger partial charge in [-0.25, -0.2) is 4.79 Å². The highest BCUT2D eigenvalue weighted by molar-refractivity contribution is 9.10. The zero-order valence-corrected chi connectivity index (χ0v) is 15.6. The van der Waals surface area contributed by atoms with Crippen LogP contribution in [-0.4, -0.2) is 18.5 Å². The highest BCUT2D eigenvalue weighted by Gasteiger charge is 2.06. The number of alkyl carbamates (subject to hydrolysis) is 1. The summed E-state index contributed by atoms with van der Waals surface area (Å²) < 4.78 is 6.08. The van der Waals surface area contributed by atoms with Gasteiger partial charge < -0.3 is 15.4 Å². The second-order valence-corrected chi connectivity index (χ2v) is 6.52. The molecule has 0 radical (unpaired) electrons. The molecule has 0 unspecified atom stereocenters. The van der Waals surface area contributed by atoms with Gasteiger partial charge in [-0.15, -0.1) is 0 Å². The molecule has 132 valence electrons. The third-order valence-corrected chi connectivity index (χ3v) is 4.02. The summed E-state index contributed by atoms with van der Waals surface area (Å²) in [5, 5.41) is 5.51. The summed E-state index contributed by atoms with van der Waals surface area (Å²) in [6.07, 6.45) is 0.393. The number of hydrogen-bond donors (Lipinski definition) is 2. The van der Waals surface area contributed by atoms with Crippen LogP contribution >= 0.6 is 15.9 Å². The van der Waals surface area contributed by atoms with Crippen LogP contribution in [0.2, 0.25) is 0 Å². The molecule has 0 saturated heterocycles. The number of ether oxygens (including phenoxy) is 1. The number of rotatable bonds is 7. The molecule has 2 rings (SSSR count). The minimum Gasteiger partial charge on any atom is -0.445 e. The van der Waals surface area contributed by atoms with Gasteiger partial charge in [0.2, 0.25) is 5.91 Å². The summed E-state index contributed by atoms with van der Waals surface area (Å²) >= 11 is 3.39. The lowest BCUT2D eigenvalue weighted by atomic mass is 10.2. The third kappa shape index (κ3) is 6.97. The van der Waals surface area contributed by atoms with Crippen molar-refractivity contribution in [3.63, 3.8) is 0 Å². The number of nitrogens with one attached hydrogen (secondary N) is 2. The van der Waals surface area contributed by atoms with E-state index in [1.165, 1.54) is 0 Å². The van der Waals surface area contributed by atoms with Gasteiger partial charge in [0.25, 0.3) is 0 Å². The van der Waals surface area contributed by atoms with Crippen molar-refractivity contribution in [3.8, 4) is 0 Å². The highest BCUT2D eigenvalue weighted by Crippen LogP contribution is 2.20. The second-order valence-electron chi connectivity index (χ2n) is 5.60. The van der Waals surface area contributed by atoms with Crippen molar-refractivity contribution >= 4 is 33.6 Å². The first-order valence-electron chi connectivity index (χ1n) is 8.05. The molecule has 0 aliphatic rings. The number of benzene rings is 2. The van der Waals surface area contributed by atoms with Crippen LogP contribution in [0.4, 0.5) is 10.5 Å². The Hall–Kier alpha value is -2.34. The standard InChI is InChI=1S/C19H21BrN2O3/c1-14-12-16(20)9-10-17(14)22-18(23)8-5-11-21-19(24)25-13-15-6-3-2-4-7-15/h2-4,6-7,9-10,12H,5,8,11,13H2,1H3,(H,21,24)(H,22,23). The molecule has 2 aromatic carbocycles. The number of carbonyl (C=O) groups excluding carboxylic acids is 2. The van der Waals surface area contributed by atoms with E-state index in [0.717, 1.165) is 21.3 Å². The quantitative estimate of drug-likeness (QED) is 0.671. The van der Waals surface area contributed by atoms with E-state index in [-0.39, 0.29) is 12.5 Å². The Morgan fingerprint density at radius 3 is 2.60 bits per heavy atom. The first-order chi connectivity index (χ1) is 12.0. The van der Waals surface area contributed by atoms with Gasteiger partial charge in [-0.3, -0.25) is 4.79 Å². The molecule has 0 aliphatic carbocycles. The average Bonchev–Trinajstić information content (AvgIpc) is 2.60. The first kappa shape index (κ1) is 19.0. The SMILES string of the molecule is Cc1cc(Br)ccc1NC(=O)CCCNC(=O)OCc1ccccc1. The predicted molar refractivity (Wildman–Crippen MR) is 101 cm³/mol. The number of carbonyl (C=O) groups is 2. The van der Waals surface area contributed by atoms with Gasteiger partial charge in [0.1, 0.15) is 6.61 Å². The normalized spacial score (nSPS) is 10.2. The summed E-state index contributed by atoms with van der Waals surface area (Å²) in [6, 6.07) is 15.2. The molecule has 5 nitrogen and oxygen atoms in total. The van der Waals surface area contributed by atoms with Crippen LogP contribution in [0.25, 0.3) is 0 Å². The molecule has 0 fully saturated rings. The van der Waals surface area contributed by atoms with E-state index in [0.29, 0.717) is 19.4 Å². The molecular formula is C19H21BrN2O3. The van der Waals surface area contributed by atoms with E-state index >= 15 is 0 Å². The Labute approximate surface area is 155 Å². The number of amides is 2. The summed E-state index contributed by atoms with van der Waals surface area (Å²) in [4.78, 5) is 23.5. The van der Waals surface area contributed by atoms with E-state index in [1.807, 2.05) is 55.5 Å². The molecule has 2 aromatic rings. The zero-order valence-electron chi connectivity index (χ0n) is 14.0. The number of anilines is 1. The fourth-order valence-corrected chi connectivity index (χ4v) is 2.67. The number of aryl methyl sites for hydroxylation is 1. The molecule has 0 bridgehead atoms. The molecule has 0 atom stereocenters. The maximum atomic E-state index is 11.9. The van der Waals surface area contributed by atoms with Crippen molar-refractivity contribution in [3.05, 3.63) is 64.1 Å². The third-order valence-electron chi connectivity index (χ3n) is 3.53. The maximum absolute atomic E-state index is 11.9. The van der Waals surface area contributed by atoms with Crippen LogP contribution in [0.3, 0.4) is 0 Å². The van der Waals surface area contributed by atoms with Gasteiger partial charge in [0.05, 0.1) is 0 Å². The van der Waals surface area contributed by atoms with Gasteiger partial charge >= 0.3 is 6.09 Å². The molecule has 25 heavy (non-hydrogen) atoms. The summed E-state index contributed by atoms with van der Waals surface area (Å²) in [6.45, 7) is 2.56. The van der Waals surface area contributed by atoms with Crippen LogP contribution in [0.1, 0.15) is 24.0 Å². The van der Waals surface area contributed by atoms with Crippen molar-refractivity contribution < 1.29 is 14.3 Å². The van der Waals surface area contributed by atoms with Gasteiger partial charge in [-0.1, -0.05) is 46.3 Å². The van der Waals surface area contributed by atoms with E-state index in [9.17, 15) is 9.59 Å². The zero-order chi connectivity index (χ0) is 18.1. The fourth-order valence-electron chi connectivity index (χ4n) is 2.19. The molecule has 0 aromatic heterocycles. The topological polar surface area (TPSA) is 67.4 Å². The first-order valence-corrected chi connectivity index (χ1v) is 8.84. The maximum Gasteiger partial charge on any atom is 0.407 e. The Morgan fingerprint density at radius 2 is 1.88 bits per heavy atom. The molecule has 0 heterocycles. The lowest BCUT2D eigenvalue weighted by Gasteiger charge is -2.09. The van der Waals surface area contributed by atoms with Crippen molar-refractivity contribution in [2.24, 2.45) is 0 Å². The number of hydrogen-bond acceptors (Lipinski definition) is 3. The minimum atomic E-state index is -0.479. The largest absolute Gasteiger partial charge is 0.445 e. The summed E-state index contributed by atoms with van der Waals surface area (Å²) in [5.74, 6) is -0.0788. The second kappa shape index (κ2) is 9.84. The fraction of sp³-hybridized carbons (Fsp3) is 0.263. The van der Waals surface area contributed by atoms with Gasteiger partial charge in [0, 0.05) is 23.1 Å². The van der Waals surface area contributed by atoms with E-state index in [1.54, 1.807) is 0 Å². The van der Waals surface area contributed by atoms with Crippen molar-refractivity contribution in [1.29, 1.82) is 0 Å². The van der Waals surface area contributed by atoms with E-state index < -0.39 is 6.09 Å². The van der Waals surface area contributed by atoms with Gasteiger partial charge in [-0.05, 0) is 42.7 Å². The lowest BCUT2D eigenvalue weighted by Crippen LogP contribution is -2.26. The Morgan fingerprint density at radius 1 is 1.12 bits per heavy atom. The van der Waals surface area contributed by atoms with Gasteiger partial charge in [-0.2, -0.15) is 0 Å². The van der Waals surface area contributed by atoms with Crippen LogP contribution in [0.15, 0.2) is 53.0 Å². The van der Waals surface area contributed by atoms with Crippen molar-refractivity contribution in [2.45, 2.75) is 26.4 Å². The molecule has 0 aliphatic heterocycles. The summed E-state index contributed by atoms with van der Waals surface area (Å²) in [5.41, 5.74) is 2.72. The van der Waals surface area contributed by atoms with E-state index in [4.69, 9.17) is 4.74 Å². The smallest absolute Gasteiger partial charge is 0.407 e. The molecule has 2 amide bonds. The Balaban J connectivity index is 1.61. The number of halogens is 1. The molecule has 0 saturated carbocycles. The van der Waals surface area contributed by atoms with Gasteiger partial charge in [0.15, 0.2) is 0 Å². The minimum absolute atomic E-state index is 0.0788. The average molecular weight is 405 g/mol. The van der Waals surface area contributed by atoms with Crippen LogP contribution in [0, 0.1) is 6.92 Å². The molecular weight excluding hydrogens is 384 g/mol. The van der Waals surface area contributed by atoms with Crippen LogP contribution < -0.4 is 10.6 Å². The van der Waals surface area contributed by atoms with Crippen LogP contribution in [0.5, 0.6) is 0 Å². The van der Waals surface area contributed by atoms with Crippen molar-refractivity contribution in [2.75, 3.05) is 11.9 Å². The highest BCUT2D eigenvalue weighted by atomic mass is 79.9. The molecule has 0 spiro atoms. The predicted octanol–water partition coefficient (Wildman–Crippen LogP) is 4.40. The van der Waals surface area contributed by atoms with Crippen molar-refractivity contribution in [1.82, 2.24) is 5.32 Å². The summed E-state index contributed by atoms with van der Waals surface area (Å²) in [7, 11) is 0.